The van der Waals surface area contributed by atoms with E-state index < -0.39 is 0 Å². The molecule has 2 heteroatoms. The molecule has 0 radical (unpaired) electrons. The monoisotopic (exact) mass is 192 g/mol. The van der Waals surface area contributed by atoms with Crippen molar-refractivity contribution < 1.29 is 9.59 Å². The van der Waals surface area contributed by atoms with Crippen LogP contribution in [0.4, 0.5) is 0 Å². The topological polar surface area (TPSA) is 34.1 Å². The van der Waals surface area contributed by atoms with Crippen molar-refractivity contribution in [1.82, 2.24) is 0 Å². The quantitative estimate of drug-likeness (QED) is 0.590. The van der Waals surface area contributed by atoms with Crippen LogP contribution in [0, 0.1) is 11.3 Å². The highest BCUT2D eigenvalue weighted by Crippen LogP contribution is 2.51. The van der Waals surface area contributed by atoms with Crippen LogP contribution in [0.3, 0.4) is 0 Å². The predicted octanol–water partition coefficient (Wildman–Crippen LogP) is 2.28. The van der Waals surface area contributed by atoms with Gasteiger partial charge < -0.3 is 0 Å². The Morgan fingerprint density at radius 2 is 2.14 bits per heavy atom. The third-order valence-corrected chi connectivity index (χ3v) is 3.98. The van der Waals surface area contributed by atoms with Crippen LogP contribution in [0.5, 0.6) is 0 Å². The molecule has 2 atom stereocenters. The van der Waals surface area contributed by atoms with Crippen molar-refractivity contribution in [2.75, 3.05) is 0 Å². The SMILES string of the molecule is CC1=CC(=O)C[C@H](C)[C@@]12CCC(=O)C2. The van der Waals surface area contributed by atoms with Gasteiger partial charge in [0.05, 0.1) is 0 Å². The molecule has 2 rings (SSSR count). The number of hydrogen-bond acceptors (Lipinski definition) is 2. The summed E-state index contributed by atoms with van der Waals surface area (Å²) >= 11 is 0. The minimum absolute atomic E-state index is 0.0327. The van der Waals surface area contributed by atoms with E-state index in [2.05, 4.69) is 6.92 Å². The summed E-state index contributed by atoms with van der Waals surface area (Å²) in [6.45, 7) is 4.11. The molecule has 2 nitrogen and oxygen atoms in total. The van der Waals surface area contributed by atoms with E-state index in [1.165, 1.54) is 0 Å². The second kappa shape index (κ2) is 3.04. The maximum absolute atomic E-state index is 11.4. The normalized spacial score (nSPS) is 37.9. The van der Waals surface area contributed by atoms with Gasteiger partial charge in [-0.25, -0.2) is 0 Å². The second-order valence-electron chi connectivity index (χ2n) is 4.77. The van der Waals surface area contributed by atoms with Crippen LogP contribution >= 0.6 is 0 Å². The number of allylic oxidation sites excluding steroid dienone is 2. The van der Waals surface area contributed by atoms with Crippen molar-refractivity contribution >= 4 is 11.6 Å². The predicted molar refractivity (Wildman–Crippen MR) is 53.8 cm³/mol. The standard InChI is InChI=1S/C12H16O2/c1-8-5-11(14)6-9(2)12(8)4-3-10(13)7-12/h5,9H,3-4,6-7H2,1-2H3/t9-,12+/m0/s1. The molecule has 2 aliphatic carbocycles. The smallest absolute Gasteiger partial charge is 0.155 e. The Morgan fingerprint density at radius 1 is 1.43 bits per heavy atom. The van der Waals surface area contributed by atoms with Crippen molar-refractivity contribution in [1.29, 1.82) is 0 Å². The minimum Gasteiger partial charge on any atom is -0.300 e. The van der Waals surface area contributed by atoms with Crippen molar-refractivity contribution in [2.24, 2.45) is 11.3 Å². The van der Waals surface area contributed by atoms with Crippen molar-refractivity contribution in [2.45, 2.75) is 39.5 Å². The summed E-state index contributed by atoms with van der Waals surface area (Å²) in [5.41, 5.74) is 1.16. The largest absolute Gasteiger partial charge is 0.300 e. The molecule has 0 aromatic heterocycles. The van der Waals surface area contributed by atoms with Gasteiger partial charge in [-0.2, -0.15) is 0 Å². The molecule has 0 heterocycles. The summed E-state index contributed by atoms with van der Waals surface area (Å²) in [5.74, 6) is 0.922. The third-order valence-electron chi connectivity index (χ3n) is 3.98. The summed E-state index contributed by atoms with van der Waals surface area (Å²) in [5, 5.41) is 0. The highest BCUT2D eigenvalue weighted by Gasteiger charge is 2.46. The molecule has 76 valence electrons. The summed E-state index contributed by atoms with van der Waals surface area (Å²) in [6.07, 6.45) is 4.67. The molecule has 1 saturated carbocycles. The number of hydrogen-bond donors (Lipinski definition) is 0. The number of rotatable bonds is 0. The Bertz CT molecular complexity index is 327. The minimum atomic E-state index is 0.0327. The highest BCUT2D eigenvalue weighted by molar-refractivity contribution is 5.93. The van der Waals surface area contributed by atoms with Gasteiger partial charge in [0.1, 0.15) is 5.78 Å². The molecule has 2 aliphatic rings. The van der Waals surface area contributed by atoms with E-state index in [1.54, 1.807) is 6.08 Å². The summed E-state index contributed by atoms with van der Waals surface area (Å²) < 4.78 is 0. The molecule has 14 heavy (non-hydrogen) atoms. The molecule has 0 bridgehead atoms. The Hall–Kier alpha value is -0.920. The van der Waals surface area contributed by atoms with E-state index in [-0.39, 0.29) is 11.2 Å². The zero-order valence-corrected chi connectivity index (χ0v) is 8.80. The van der Waals surface area contributed by atoms with Gasteiger partial charge in [0.2, 0.25) is 0 Å². The van der Waals surface area contributed by atoms with Crippen molar-refractivity contribution in [3.63, 3.8) is 0 Å². The molecule has 0 amide bonds. The molecule has 0 aromatic carbocycles. The first kappa shape index (κ1) is 9.63. The first-order valence-electron chi connectivity index (χ1n) is 5.28. The first-order chi connectivity index (χ1) is 6.54. The van der Waals surface area contributed by atoms with Gasteiger partial charge in [-0.3, -0.25) is 9.59 Å². The molecular weight excluding hydrogens is 176 g/mol. The summed E-state index contributed by atoms with van der Waals surface area (Å²) in [4.78, 5) is 22.7. The molecule has 0 aliphatic heterocycles. The molecule has 1 fully saturated rings. The first-order valence-corrected chi connectivity index (χ1v) is 5.28. The Morgan fingerprint density at radius 3 is 2.64 bits per heavy atom. The Balaban J connectivity index is 2.38. The fraction of sp³-hybridized carbons (Fsp3) is 0.667. The lowest BCUT2D eigenvalue weighted by Gasteiger charge is -2.38. The maximum atomic E-state index is 11.4. The lowest BCUT2D eigenvalue weighted by atomic mass is 9.65. The lowest BCUT2D eigenvalue weighted by Crippen LogP contribution is -2.33. The molecule has 0 N–H and O–H groups in total. The fourth-order valence-electron chi connectivity index (χ4n) is 2.98. The van der Waals surface area contributed by atoms with Gasteiger partial charge in [0, 0.05) is 24.7 Å². The van der Waals surface area contributed by atoms with Gasteiger partial charge in [-0.15, -0.1) is 0 Å². The van der Waals surface area contributed by atoms with Gasteiger partial charge in [0.25, 0.3) is 0 Å². The molecule has 0 aromatic rings. The third kappa shape index (κ3) is 1.24. The maximum Gasteiger partial charge on any atom is 0.155 e. The Labute approximate surface area is 84.4 Å². The Kier molecular flexibility index (Phi) is 2.09. The average Bonchev–Trinajstić information content (AvgIpc) is 2.46. The van der Waals surface area contributed by atoms with Crippen LogP contribution < -0.4 is 0 Å². The van der Waals surface area contributed by atoms with E-state index >= 15 is 0 Å². The van der Waals surface area contributed by atoms with E-state index in [1.807, 2.05) is 6.92 Å². The van der Waals surface area contributed by atoms with Crippen LogP contribution in [0.1, 0.15) is 39.5 Å². The van der Waals surface area contributed by atoms with E-state index in [4.69, 9.17) is 0 Å². The van der Waals surface area contributed by atoms with Crippen LogP contribution in [0.25, 0.3) is 0 Å². The molecule has 1 spiro atoms. The molecular formula is C12H16O2. The number of carbonyl (C=O) groups excluding carboxylic acids is 2. The number of Topliss-reactive ketones (excluding diaryl/α,β-unsaturated/α-hetero) is 1. The molecule has 0 saturated heterocycles. The second-order valence-corrected chi connectivity index (χ2v) is 4.77. The number of carbonyl (C=O) groups is 2. The summed E-state index contributed by atoms with van der Waals surface area (Å²) in [7, 11) is 0. The lowest BCUT2D eigenvalue weighted by molar-refractivity contribution is -0.120. The van der Waals surface area contributed by atoms with Gasteiger partial charge in [0.15, 0.2) is 5.78 Å². The number of ketones is 2. The average molecular weight is 192 g/mol. The van der Waals surface area contributed by atoms with Gasteiger partial charge in [-0.05, 0) is 25.3 Å². The van der Waals surface area contributed by atoms with E-state index in [9.17, 15) is 9.59 Å². The highest BCUT2D eigenvalue weighted by atomic mass is 16.1. The van der Waals surface area contributed by atoms with E-state index in [0.717, 1.165) is 12.0 Å². The van der Waals surface area contributed by atoms with Gasteiger partial charge in [-0.1, -0.05) is 12.5 Å². The van der Waals surface area contributed by atoms with Gasteiger partial charge >= 0.3 is 0 Å². The van der Waals surface area contributed by atoms with Crippen LogP contribution in [-0.2, 0) is 9.59 Å². The van der Waals surface area contributed by atoms with Crippen LogP contribution in [0.15, 0.2) is 11.6 Å². The fourth-order valence-corrected chi connectivity index (χ4v) is 2.98. The van der Waals surface area contributed by atoms with Crippen molar-refractivity contribution in [3.8, 4) is 0 Å². The van der Waals surface area contributed by atoms with Crippen LogP contribution in [0.2, 0.25) is 0 Å². The van der Waals surface area contributed by atoms with Crippen LogP contribution in [-0.4, -0.2) is 11.6 Å². The van der Waals surface area contributed by atoms with E-state index in [0.29, 0.717) is 31.0 Å². The summed E-state index contributed by atoms with van der Waals surface area (Å²) in [6, 6.07) is 0. The molecule has 0 unspecified atom stereocenters. The van der Waals surface area contributed by atoms with Crippen molar-refractivity contribution in [3.05, 3.63) is 11.6 Å². The zero-order chi connectivity index (χ0) is 10.3. The zero-order valence-electron chi connectivity index (χ0n) is 8.80.